The first-order chi connectivity index (χ1) is 9.06. The van der Waals surface area contributed by atoms with Gasteiger partial charge in [0.15, 0.2) is 0 Å². The first-order valence-electron chi connectivity index (χ1n) is 7.85. The van der Waals surface area contributed by atoms with Gasteiger partial charge in [-0.25, -0.2) is 0 Å². The number of carbonyl (C=O) groups is 1. The smallest absolute Gasteiger partial charge is 0.137 e. The predicted molar refractivity (Wildman–Crippen MR) is 77.1 cm³/mol. The van der Waals surface area contributed by atoms with Crippen LogP contribution in [0.4, 0.5) is 0 Å². The molecule has 2 fully saturated rings. The second-order valence-electron chi connectivity index (χ2n) is 6.88. The molecule has 19 heavy (non-hydrogen) atoms. The Balaban J connectivity index is 1.65. The van der Waals surface area contributed by atoms with Gasteiger partial charge in [-0.2, -0.15) is 0 Å². The van der Waals surface area contributed by atoms with Gasteiger partial charge < -0.3 is 9.64 Å². The van der Waals surface area contributed by atoms with Gasteiger partial charge in [-0.15, -0.1) is 0 Å². The van der Waals surface area contributed by atoms with E-state index in [1.807, 2.05) is 0 Å². The number of nitrogens with zero attached hydrogens (tertiary/aromatic N) is 1. The molecule has 3 heteroatoms. The summed E-state index contributed by atoms with van der Waals surface area (Å²) in [6.07, 6.45) is 4.67. The van der Waals surface area contributed by atoms with Crippen molar-refractivity contribution >= 4 is 5.78 Å². The lowest BCUT2D eigenvalue weighted by Crippen LogP contribution is -2.39. The van der Waals surface area contributed by atoms with Crippen LogP contribution in [0.3, 0.4) is 0 Å². The molecule has 0 aromatic heterocycles. The number of carbonyl (C=O) groups excluding carboxylic acids is 1. The number of hydrogen-bond acceptors (Lipinski definition) is 3. The van der Waals surface area contributed by atoms with E-state index in [1.54, 1.807) is 0 Å². The van der Waals surface area contributed by atoms with Crippen LogP contribution in [0.2, 0.25) is 0 Å². The van der Waals surface area contributed by atoms with Crippen molar-refractivity contribution in [3.8, 4) is 0 Å². The highest BCUT2D eigenvalue weighted by molar-refractivity contribution is 5.82. The summed E-state index contributed by atoms with van der Waals surface area (Å²) in [5.74, 6) is 2.66. The minimum absolute atomic E-state index is 0.240. The van der Waals surface area contributed by atoms with Crippen LogP contribution in [-0.4, -0.2) is 44.0 Å². The highest BCUT2D eigenvalue weighted by Gasteiger charge is 2.32. The van der Waals surface area contributed by atoms with Crippen LogP contribution >= 0.6 is 0 Å². The molecule has 0 heterocycles. The van der Waals surface area contributed by atoms with Crippen molar-refractivity contribution in [1.29, 1.82) is 0 Å². The number of likely N-dealkylation sites (N-methyl/N-ethyl adjacent to an activating group) is 1. The van der Waals surface area contributed by atoms with Crippen molar-refractivity contribution in [2.45, 2.75) is 39.5 Å². The van der Waals surface area contributed by atoms with Gasteiger partial charge in [-0.05, 0) is 44.1 Å². The molecule has 0 radical (unpaired) electrons. The van der Waals surface area contributed by atoms with E-state index in [9.17, 15) is 4.79 Å². The Kier molecular flexibility index (Phi) is 5.40. The van der Waals surface area contributed by atoms with E-state index >= 15 is 0 Å². The summed E-state index contributed by atoms with van der Waals surface area (Å²) in [4.78, 5) is 14.4. The Labute approximate surface area is 117 Å². The predicted octanol–water partition coefficient (Wildman–Crippen LogP) is 2.60. The lowest BCUT2D eigenvalue weighted by atomic mass is 9.74. The number of ketones is 1. The second-order valence-corrected chi connectivity index (χ2v) is 6.88. The minimum Gasteiger partial charge on any atom is -0.380 e. The number of Topliss-reactive ketones (excluding diaryl/α,β-unsaturated/α-hetero) is 1. The molecule has 3 nitrogen and oxygen atoms in total. The lowest BCUT2D eigenvalue weighted by Gasteiger charge is -2.33. The van der Waals surface area contributed by atoms with Crippen LogP contribution in [0, 0.1) is 23.7 Å². The van der Waals surface area contributed by atoms with Crippen LogP contribution in [0.15, 0.2) is 0 Å². The fourth-order valence-corrected chi connectivity index (χ4v) is 3.16. The number of ether oxygens (including phenoxy) is 1. The van der Waals surface area contributed by atoms with E-state index in [0.717, 1.165) is 38.6 Å². The highest BCUT2D eigenvalue weighted by Crippen LogP contribution is 2.31. The first kappa shape index (κ1) is 15.0. The molecule has 2 aliphatic rings. The maximum Gasteiger partial charge on any atom is 0.137 e. The molecular formula is C16H29NO2. The molecule has 0 N–H and O–H groups in total. The van der Waals surface area contributed by atoms with Crippen molar-refractivity contribution in [3.63, 3.8) is 0 Å². The summed E-state index contributed by atoms with van der Waals surface area (Å²) in [7, 11) is 2.11. The standard InChI is InChI=1S/C16H29NO2/c1-12-8-13(2)15(16(18)9-12)10-17(3)6-7-19-11-14-4-5-14/h12-15H,4-11H2,1-3H3. The van der Waals surface area contributed by atoms with E-state index in [-0.39, 0.29) is 5.92 Å². The van der Waals surface area contributed by atoms with Gasteiger partial charge >= 0.3 is 0 Å². The molecule has 0 amide bonds. The van der Waals surface area contributed by atoms with Gasteiger partial charge in [0.1, 0.15) is 5.78 Å². The molecule has 2 rings (SSSR count). The van der Waals surface area contributed by atoms with Crippen molar-refractivity contribution in [1.82, 2.24) is 4.90 Å². The Hall–Kier alpha value is -0.410. The average molecular weight is 267 g/mol. The maximum atomic E-state index is 12.1. The summed E-state index contributed by atoms with van der Waals surface area (Å²) in [5.41, 5.74) is 0. The van der Waals surface area contributed by atoms with Gasteiger partial charge in [-0.1, -0.05) is 13.8 Å². The lowest BCUT2D eigenvalue weighted by molar-refractivity contribution is -0.128. The zero-order chi connectivity index (χ0) is 13.8. The topological polar surface area (TPSA) is 29.5 Å². The Morgan fingerprint density at radius 2 is 2.05 bits per heavy atom. The zero-order valence-electron chi connectivity index (χ0n) is 12.7. The third kappa shape index (κ3) is 4.88. The molecule has 0 aliphatic heterocycles. The van der Waals surface area contributed by atoms with Gasteiger partial charge in [0.05, 0.1) is 6.61 Å². The molecule has 2 saturated carbocycles. The van der Waals surface area contributed by atoms with Crippen LogP contribution < -0.4 is 0 Å². The summed E-state index contributed by atoms with van der Waals surface area (Å²) in [6.45, 7) is 8.01. The van der Waals surface area contributed by atoms with Crippen molar-refractivity contribution in [3.05, 3.63) is 0 Å². The molecule has 110 valence electrons. The van der Waals surface area contributed by atoms with Crippen LogP contribution in [0.25, 0.3) is 0 Å². The van der Waals surface area contributed by atoms with Gasteiger partial charge in [0.25, 0.3) is 0 Å². The Morgan fingerprint density at radius 3 is 2.68 bits per heavy atom. The van der Waals surface area contributed by atoms with Crippen LogP contribution in [0.5, 0.6) is 0 Å². The van der Waals surface area contributed by atoms with Crippen LogP contribution in [0.1, 0.15) is 39.5 Å². The monoisotopic (exact) mass is 267 g/mol. The molecule has 3 atom stereocenters. The SMILES string of the molecule is CC1CC(=O)C(CN(C)CCOCC2CC2)C(C)C1. The van der Waals surface area contributed by atoms with Crippen molar-refractivity contribution in [2.75, 3.05) is 33.4 Å². The van der Waals surface area contributed by atoms with Crippen molar-refractivity contribution < 1.29 is 9.53 Å². The molecule has 2 aliphatic carbocycles. The van der Waals surface area contributed by atoms with Gasteiger partial charge in [0.2, 0.25) is 0 Å². The third-order valence-electron chi connectivity index (χ3n) is 4.60. The molecular weight excluding hydrogens is 238 g/mol. The highest BCUT2D eigenvalue weighted by atomic mass is 16.5. The molecule has 0 saturated heterocycles. The minimum atomic E-state index is 0.240. The molecule has 0 spiro atoms. The van der Waals surface area contributed by atoms with Gasteiger partial charge in [0, 0.05) is 32.0 Å². The molecule has 0 aromatic carbocycles. The normalized spacial score (nSPS) is 32.0. The fraction of sp³-hybridized carbons (Fsp3) is 0.938. The first-order valence-corrected chi connectivity index (χ1v) is 7.85. The Bertz CT molecular complexity index is 301. The van der Waals surface area contributed by atoms with E-state index in [2.05, 4.69) is 25.8 Å². The van der Waals surface area contributed by atoms with E-state index < -0.39 is 0 Å². The van der Waals surface area contributed by atoms with E-state index in [1.165, 1.54) is 19.3 Å². The number of rotatable bonds is 7. The molecule has 0 bridgehead atoms. The van der Waals surface area contributed by atoms with E-state index in [4.69, 9.17) is 4.74 Å². The fourth-order valence-electron chi connectivity index (χ4n) is 3.16. The largest absolute Gasteiger partial charge is 0.380 e. The third-order valence-corrected chi connectivity index (χ3v) is 4.60. The van der Waals surface area contributed by atoms with Gasteiger partial charge in [-0.3, -0.25) is 4.79 Å². The Morgan fingerprint density at radius 1 is 1.32 bits per heavy atom. The second kappa shape index (κ2) is 6.85. The zero-order valence-corrected chi connectivity index (χ0v) is 12.7. The summed E-state index contributed by atoms with van der Waals surface area (Å²) >= 11 is 0. The quantitative estimate of drug-likeness (QED) is 0.664. The molecule has 3 unspecified atom stereocenters. The summed E-state index contributed by atoms with van der Waals surface area (Å²) in [5, 5.41) is 0. The van der Waals surface area contributed by atoms with Crippen LogP contribution in [-0.2, 0) is 9.53 Å². The van der Waals surface area contributed by atoms with E-state index in [0.29, 0.717) is 17.6 Å². The maximum absolute atomic E-state index is 12.1. The van der Waals surface area contributed by atoms with Crippen molar-refractivity contribution in [2.24, 2.45) is 23.7 Å². The number of hydrogen-bond donors (Lipinski definition) is 0. The summed E-state index contributed by atoms with van der Waals surface area (Å²) in [6, 6.07) is 0. The average Bonchev–Trinajstić information content (AvgIpc) is 3.13. The molecule has 0 aromatic rings. The summed E-state index contributed by atoms with van der Waals surface area (Å²) < 4.78 is 5.66.